The molecule has 1 saturated carbocycles. The number of imidazole rings is 1. The second kappa shape index (κ2) is 21.4. The van der Waals surface area contributed by atoms with Gasteiger partial charge in [-0.15, -0.1) is 0 Å². The molecule has 0 spiro atoms. The lowest BCUT2D eigenvalue weighted by molar-refractivity contribution is -0.146. The number of H-pyrrole nitrogens is 1. The third-order valence-corrected chi connectivity index (χ3v) is 9.66. The van der Waals surface area contributed by atoms with Crippen molar-refractivity contribution in [1.29, 1.82) is 0 Å². The van der Waals surface area contributed by atoms with Gasteiger partial charge in [-0.25, -0.2) is 9.78 Å². The van der Waals surface area contributed by atoms with Crippen LogP contribution >= 0.6 is 0 Å². The van der Waals surface area contributed by atoms with Crippen LogP contribution in [0.15, 0.2) is 42.9 Å². The van der Waals surface area contributed by atoms with Gasteiger partial charge in [-0.1, -0.05) is 76.3 Å². The number of hydrogen-bond donors (Lipinski definition) is 4. The Bertz CT molecular complexity index is 1330. The minimum atomic E-state index is -1.22. The Kier molecular flexibility index (Phi) is 17.4. The van der Waals surface area contributed by atoms with Gasteiger partial charge in [0.25, 0.3) is 5.91 Å². The third-order valence-electron chi connectivity index (χ3n) is 9.66. The van der Waals surface area contributed by atoms with E-state index in [1.165, 1.54) is 22.5 Å². The number of nitrogens with one attached hydrogen (secondary N) is 3. The maximum Gasteiger partial charge on any atom is 0.410 e. The highest BCUT2D eigenvalue weighted by Crippen LogP contribution is 2.29. The van der Waals surface area contributed by atoms with E-state index in [0.29, 0.717) is 36.8 Å². The highest BCUT2D eigenvalue weighted by atomic mass is 16.6. The summed E-state index contributed by atoms with van der Waals surface area (Å²) in [6.45, 7) is 8.27. The largest absolute Gasteiger partial charge is 0.436 e. The zero-order chi connectivity index (χ0) is 37.3. The lowest BCUT2D eigenvalue weighted by atomic mass is 9.83. The summed E-state index contributed by atoms with van der Waals surface area (Å²) in [6, 6.07) is 7.86. The van der Waals surface area contributed by atoms with Gasteiger partial charge in [0.05, 0.1) is 24.2 Å². The molecular weight excluding hydrogens is 648 g/mol. The number of aliphatic hydroxyl groups is 1. The van der Waals surface area contributed by atoms with Crippen LogP contribution < -0.4 is 10.6 Å². The van der Waals surface area contributed by atoms with Gasteiger partial charge in [-0.2, -0.15) is 0 Å². The van der Waals surface area contributed by atoms with Crippen molar-refractivity contribution in [3.05, 3.63) is 54.1 Å². The predicted molar refractivity (Wildman–Crippen MR) is 198 cm³/mol. The number of rotatable bonds is 20. The lowest BCUT2D eigenvalue weighted by Crippen LogP contribution is -2.56. The fourth-order valence-corrected chi connectivity index (χ4v) is 6.65. The van der Waals surface area contributed by atoms with Gasteiger partial charge in [0.1, 0.15) is 6.04 Å². The first-order valence-electron chi connectivity index (χ1n) is 18.8. The van der Waals surface area contributed by atoms with E-state index in [9.17, 15) is 24.3 Å². The van der Waals surface area contributed by atoms with Crippen LogP contribution in [-0.4, -0.2) is 99.7 Å². The van der Waals surface area contributed by atoms with Crippen LogP contribution in [0.25, 0.3) is 0 Å². The molecule has 12 nitrogen and oxygen atoms in total. The number of benzene rings is 1. The first-order chi connectivity index (χ1) is 24.3. The zero-order valence-corrected chi connectivity index (χ0v) is 31.6. The molecule has 0 radical (unpaired) electrons. The van der Waals surface area contributed by atoms with Crippen molar-refractivity contribution in [3.63, 3.8) is 0 Å². The second-order valence-corrected chi connectivity index (χ2v) is 14.9. The fourth-order valence-electron chi connectivity index (χ4n) is 6.65. The molecule has 284 valence electrons. The summed E-state index contributed by atoms with van der Waals surface area (Å²) < 4.78 is 5.86. The Morgan fingerprint density at radius 2 is 1.69 bits per heavy atom. The van der Waals surface area contributed by atoms with Gasteiger partial charge in [0.15, 0.2) is 6.10 Å². The van der Waals surface area contributed by atoms with E-state index >= 15 is 0 Å². The Hall–Kier alpha value is -3.93. The number of aromatic nitrogens is 2. The molecule has 2 aromatic rings. The average molecular weight is 711 g/mol. The summed E-state index contributed by atoms with van der Waals surface area (Å²) >= 11 is 0. The molecule has 1 fully saturated rings. The molecule has 0 unspecified atom stereocenters. The number of ether oxygens (including phenoxy) is 1. The molecule has 51 heavy (non-hydrogen) atoms. The molecule has 0 bridgehead atoms. The molecule has 0 saturated heterocycles. The van der Waals surface area contributed by atoms with Crippen molar-refractivity contribution in [2.75, 3.05) is 20.6 Å². The second-order valence-electron chi connectivity index (χ2n) is 14.9. The molecule has 1 aliphatic carbocycles. The SMILES string of the molecule is CC(C)CC[C@H](O)[C@H](CC1CCCCC1)NC(=O)[C@H](Cc1c[nH]cn1)N(C)C(=O)[C@H](Cc1ccccc1)OC(=O)N(C)CCCC(=O)NC(C)C. The monoisotopic (exact) mass is 710 g/mol. The molecule has 1 aromatic carbocycles. The van der Waals surface area contributed by atoms with Crippen LogP contribution in [0.1, 0.15) is 103 Å². The van der Waals surface area contributed by atoms with Gasteiger partial charge >= 0.3 is 6.09 Å². The van der Waals surface area contributed by atoms with Crippen molar-refractivity contribution in [2.24, 2.45) is 11.8 Å². The normalized spacial score (nSPS) is 15.9. The molecule has 1 aromatic heterocycles. The van der Waals surface area contributed by atoms with Gasteiger partial charge in [-0.05, 0) is 56.9 Å². The maximum atomic E-state index is 14.3. The van der Waals surface area contributed by atoms with Crippen molar-refractivity contribution >= 4 is 23.8 Å². The summed E-state index contributed by atoms with van der Waals surface area (Å²) in [5, 5.41) is 17.4. The van der Waals surface area contributed by atoms with Crippen LogP contribution in [0.2, 0.25) is 0 Å². The predicted octanol–water partition coefficient (Wildman–Crippen LogP) is 5.02. The molecule has 4 N–H and O–H groups in total. The molecule has 1 heterocycles. The molecule has 1 aliphatic rings. The minimum Gasteiger partial charge on any atom is -0.436 e. The van der Waals surface area contributed by atoms with E-state index in [2.05, 4.69) is 34.4 Å². The summed E-state index contributed by atoms with van der Waals surface area (Å²) in [7, 11) is 3.12. The van der Waals surface area contributed by atoms with E-state index in [1.807, 2.05) is 44.2 Å². The van der Waals surface area contributed by atoms with E-state index < -0.39 is 36.3 Å². The summed E-state index contributed by atoms with van der Waals surface area (Å²) in [6.07, 6.45) is 9.22. The summed E-state index contributed by atoms with van der Waals surface area (Å²) in [4.78, 5) is 64.0. The lowest BCUT2D eigenvalue weighted by Gasteiger charge is -2.34. The van der Waals surface area contributed by atoms with E-state index in [1.54, 1.807) is 20.3 Å². The first-order valence-corrected chi connectivity index (χ1v) is 18.8. The van der Waals surface area contributed by atoms with Crippen LogP contribution in [0.5, 0.6) is 0 Å². The first kappa shape index (κ1) is 41.5. The van der Waals surface area contributed by atoms with E-state index in [0.717, 1.165) is 37.7 Å². The number of amides is 4. The van der Waals surface area contributed by atoms with E-state index in [-0.39, 0.29) is 43.7 Å². The number of carbonyl (C=O) groups excluding carboxylic acids is 4. The quantitative estimate of drug-likeness (QED) is 0.150. The molecule has 12 heteroatoms. The molecule has 3 rings (SSSR count). The smallest absolute Gasteiger partial charge is 0.410 e. The Labute approximate surface area is 304 Å². The number of likely N-dealkylation sites (N-methyl/N-ethyl adjacent to an activating group) is 1. The Balaban J connectivity index is 1.82. The molecule has 4 atom stereocenters. The number of nitrogens with zero attached hydrogens (tertiary/aromatic N) is 3. The van der Waals surface area contributed by atoms with Crippen molar-refractivity contribution in [3.8, 4) is 0 Å². The van der Waals surface area contributed by atoms with Crippen molar-refractivity contribution in [1.82, 2.24) is 30.4 Å². The number of aromatic amines is 1. The van der Waals surface area contributed by atoms with Crippen LogP contribution in [-0.2, 0) is 32.0 Å². The van der Waals surface area contributed by atoms with Crippen LogP contribution in [0.3, 0.4) is 0 Å². The molecular formula is C39H62N6O6. The zero-order valence-electron chi connectivity index (χ0n) is 31.6. The number of carbonyl (C=O) groups is 4. The van der Waals surface area contributed by atoms with Crippen molar-refractivity contribution in [2.45, 2.75) is 135 Å². The number of hydrogen-bond acceptors (Lipinski definition) is 7. The Morgan fingerprint density at radius 3 is 2.31 bits per heavy atom. The summed E-state index contributed by atoms with van der Waals surface area (Å²) in [5.74, 6) is -0.190. The summed E-state index contributed by atoms with van der Waals surface area (Å²) in [5.41, 5.74) is 1.39. The highest BCUT2D eigenvalue weighted by Gasteiger charge is 2.36. The number of aliphatic hydroxyl groups excluding tert-OH is 1. The standard InChI is InChI=1S/C39H62N6O6/c1-27(2)19-20-34(46)32(22-29-14-9-7-10-15-29)43-37(48)33(24-31-25-40-26-41-31)45(6)38(49)35(23-30-16-11-8-12-17-30)51-39(50)44(5)21-13-18-36(47)42-28(3)4/h8,11-12,16-17,25-29,32-35,46H,7,9-10,13-15,18-24H2,1-6H3,(H,40,41)(H,42,47)(H,43,48)/t32-,33-,34-,35-/m0/s1. The van der Waals surface area contributed by atoms with E-state index in [4.69, 9.17) is 4.74 Å². The maximum absolute atomic E-state index is 14.3. The Morgan fingerprint density at radius 1 is 0.980 bits per heavy atom. The van der Waals surface area contributed by atoms with Gasteiger partial charge in [-0.3, -0.25) is 14.4 Å². The highest BCUT2D eigenvalue weighted by molar-refractivity contribution is 5.90. The van der Waals surface area contributed by atoms with Gasteiger partial charge in [0.2, 0.25) is 11.8 Å². The fraction of sp³-hybridized carbons (Fsp3) is 0.667. The van der Waals surface area contributed by atoms with Crippen molar-refractivity contribution < 1.29 is 29.0 Å². The average Bonchev–Trinajstić information content (AvgIpc) is 3.62. The van der Waals surface area contributed by atoms with Gasteiger partial charge in [0, 0.05) is 52.1 Å². The molecule has 4 amide bonds. The minimum absolute atomic E-state index is 0.0265. The van der Waals surface area contributed by atoms with Crippen LogP contribution in [0.4, 0.5) is 4.79 Å². The van der Waals surface area contributed by atoms with Gasteiger partial charge < -0.3 is 35.3 Å². The third kappa shape index (κ3) is 14.7. The molecule has 0 aliphatic heterocycles. The van der Waals surface area contributed by atoms with Crippen LogP contribution in [0, 0.1) is 11.8 Å². The topological polar surface area (TPSA) is 157 Å².